The molecule has 1 saturated carbocycles. The lowest BCUT2D eigenvalue weighted by atomic mass is 9.49. The second kappa shape index (κ2) is 7.29. The van der Waals surface area contributed by atoms with Crippen LogP contribution in [0, 0.1) is 11.3 Å². The summed E-state index contributed by atoms with van der Waals surface area (Å²) in [7, 11) is 0. The number of hydrogen-bond donors (Lipinski definition) is 3. The average molecular weight is 506 g/mol. The van der Waals surface area contributed by atoms with Crippen LogP contribution in [0.5, 0.6) is 11.5 Å². The van der Waals surface area contributed by atoms with Gasteiger partial charge in [-0.15, -0.1) is 0 Å². The number of likely N-dealkylation sites (tertiary alicyclic amines) is 2. The van der Waals surface area contributed by atoms with Gasteiger partial charge in [0.05, 0.1) is 22.0 Å². The topological polar surface area (TPSA) is 102 Å². The second-order valence-electron chi connectivity index (χ2n) is 12.7. The Morgan fingerprint density at radius 3 is 2.68 bits per heavy atom. The number of carbonyl (C=O) groups excluding carboxylic acids is 2. The Labute approximate surface area is 216 Å². The van der Waals surface area contributed by atoms with Gasteiger partial charge in [0.15, 0.2) is 11.5 Å². The molecule has 2 spiro atoms. The van der Waals surface area contributed by atoms with Crippen LogP contribution in [0.25, 0.3) is 0 Å². The molecule has 4 atom stereocenters. The van der Waals surface area contributed by atoms with Crippen LogP contribution in [0.3, 0.4) is 0 Å². The van der Waals surface area contributed by atoms with Crippen molar-refractivity contribution >= 4 is 11.8 Å². The van der Waals surface area contributed by atoms with Crippen LogP contribution >= 0.6 is 0 Å². The maximum atomic E-state index is 14.0. The molecule has 2 bridgehead atoms. The number of nitrogens with one attached hydrogen (secondary N) is 1. The predicted molar refractivity (Wildman–Crippen MR) is 134 cm³/mol. The number of piperidine rings is 2. The number of benzene rings is 1. The molecule has 4 fully saturated rings. The second-order valence-corrected chi connectivity index (χ2v) is 12.7. The molecule has 7 aliphatic rings. The van der Waals surface area contributed by atoms with Gasteiger partial charge in [-0.3, -0.25) is 14.5 Å². The Balaban J connectivity index is 1.17. The van der Waals surface area contributed by atoms with E-state index in [9.17, 15) is 19.8 Å². The first kappa shape index (κ1) is 22.4. The van der Waals surface area contributed by atoms with Crippen molar-refractivity contribution in [2.45, 2.75) is 74.5 Å². The zero-order valence-corrected chi connectivity index (χ0v) is 21.2. The molecule has 4 heterocycles. The zero-order chi connectivity index (χ0) is 25.2. The molecule has 1 aromatic carbocycles. The molecular formula is C29H35N3O5. The number of aliphatic hydroxyl groups is 1. The van der Waals surface area contributed by atoms with Crippen LogP contribution in [0.4, 0.5) is 0 Å². The summed E-state index contributed by atoms with van der Waals surface area (Å²) in [6.07, 6.45) is 7.91. The lowest BCUT2D eigenvalue weighted by Gasteiger charge is -2.62. The van der Waals surface area contributed by atoms with E-state index >= 15 is 0 Å². The molecular weight excluding hydrogens is 470 g/mol. The minimum atomic E-state index is -1.05. The number of rotatable bonds is 3. The molecule has 3 N–H and O–H groups in total. The number of amides is 2. The Morgan fingerprint density at radius 2 is 1.95 bits per heavy atom. The summed E-state index contributed by atoms with van der Waals surface area (Å²) < 4.78 is 6.53. The van der Waals surface area contributed by atoms with Crippen molar-refractivity contribution in [3.63, 3.8) is 0 Å². The van der Waals surface area contributed by atoms with E-state index in [4.69, 9.17) is 4.74 Å². The summed E-state index contributed by atoms with van der Waals surface area (Å²) >= 11 is 0. The molecule has 3 saturated heterocycles. The van der Waals surface area contributed by atoms with E-state index in [1.807, 2.05) is 17.0 Å². The molecule has 37 heavy (non-hydrogen) atoms. The molecule has 4 aliphatic heterocycles. The van der Waals surface area contributed by atoms with Gasteiger partial charge in [0.2, 0.25) is 5.91 Å². The van der Waals surface area contributed by atoms with Crippen molar-refractivity contribution in [1.82, 2.24) is 15.1 Å². The SMILES string of the molecule is O=C(C1=CC[C@@]2(O)[C@H]3Cc4ccc(O)c5c4[C@@]2(CCN3CC2CC2)[C@H]1O5)N1CCC2(CCNC2=O)CC1. The Bertz CT molecular complexity index is 1250. The Kier molecular flexibility index (Phi) is 4.41. The maximum absolute atomic E-state index is 14.0. The monoisotopic (exact) mass is 505 g/mol. The normalized spacial score (nSPS) is 37.2. The van der Waals surface area contributed by atoms with Crippen LogP contribution < -0.4 is 10.1 Å². The van der Waals surface area contributed by atoms with Gasteiger partial charge in [0, 0.05) is 37.8 Å². The van der Waals surface area contributed by atoms with Crippen molar-refractivity contribution < 1.29 is 24.5 Å². The number of phenols is 1. The molecule has 8 rings (SSSR count). The third kappa shape index (κ3) is 2.76. The minimum absolute atomic E-state index is 0.0282. The molecule has 8 heteroatoms. The van der Waals surface area contributed by atoms with E-state index in [-0.39, 0.29) is 29.0 Å². The third-order valence-electron chi connectivity index (χ3n) is 11.1. The number of aromatic hydroxyl groups is 1. The number of carbonyl (C=O) groups is 2. The molecule has 0 aromatic heterocycles. The van der Waals surface area contributed by atoms with Crippen molar-refractivity contribution in [3.8, 4) is 11.5 Å². The van der Waals surface area contributed by atoms with Gasteiger partial charge in [-0.05, 0) is 75.5 Å². The number of ether oxygens (including phenoxy) is 1. The van der Waals surface area contributed by atoms with Crippen LogP contribution in [0.1, 0.15) is 56.1 Å². The summed E-state index contributed by atoms with van der Waals surface area (Å²) in [6.45, 7) is 3.70. The van der Waals surface area contributed by atoms with E-state index in [0.717, 1.165) is 49.5 Å². The van der Waals surface area contributed by atoms with E-state index in [2.05, 4.69) is 10.2 Å². The van der Waals surface area contributed by atoms with Crippen LogP contribution in [-0.2, 0) is 21.4 Å². The number of hydrogen-bond acceptors (Lipinski definition) is 6. The first-order chi connectivity index (χ1) is 17.9. The summed E-state index contributed by atoms with van der Waals surface area (Å²) in [5.74, 6) is 1.35. The van der Waals surface area contributed by atoms with E-state index in [1.54, 1.807) is 6.07 Å². The fourth-order valence-corrected chi connectivity index (χ4v) is 8.82. The van der Waals surface area contributed by atoms with Crippen LogP contribution in [-0.4, -0.2) is 82.3 Å². The highest BCUT2D eigenvalue weighted by atomic mass is 16.5. The summed E-state index contributed by atoms with van der Waals surface area (Å²) in [5, 5.41) is 26.4. The smallest absolute Gasteiger partial charge is 0.253 e. The van der Waals surface area contributed by atoms with E-state index in [1.165, 1.54) is 12.8 Å². The van der Waals surface area contributed by atoms with Gasteiger partial charge < -0.3 is 25.2 Å². The van der Waals surface area contributed by atoms with Crippen molar-refractivity contribution in [1.29, 1.82) is 0 Å². The Morgan fingerprint density at radius 1 is 1.14 bits per heavy atom. The van der Waals surface area contributed by atoms with Crippen LogP contribution in [0.2, 0.25) is 0 Å². The maximum Gasteiger partial charge on any atom is 0.253 e. The lowest BCUT2D eigenvalue weighted by molar-refractivity contribution is -0.166. The number of nitrogens with zero attached hydrogens (tertiary/aromatic N) is 2. The van der Waals surface area contributed by atoms with Crippen molar-refractivity contribution in [3.05, 3.63) is 34.9 Å². The van der Waals surface area contributed by atoms with Crippen molar-refractivity contribution in [2.75, 3.05) is 32.7 Å². The average Bonchev–Trinajstić information content (AvgIpc) is 3.54. The predicted octanol–water partition coefficient (Wildman–Crippen LogP) is 1.62. The van der Waals surface area contributed by atoms with E-state index in [0.29, 0.717) is 50.1 Å². The quantitative estimate of drug-likeness (QED) is 0.577. The fourth-order valence-electron chi connectivity index (χ4n) is 8.82. The first-order valence-electron chi connectivity index (χ1n) is 14.1. The summed E-state index contributed by atoms with van der Waals surface area (Å²) in [4.78, 5) is 30.9. The standard InChI is InChI=1S/C29H35N3O5/c33-20-4-3-18-15-21-29(36)6-5-19(25(34)31-12-8-27(9-13-31)7-11-30-26(27)35)24-28(29,22(18)23(20)37-24)10-14-32(21)16-17-1-2-17/h3-5,17,21,24,33,36H,1-2,6-16H2,(H,30,35)/t21-,24+,28+,29-/m1/s1. The molecule has 196 valence electrons. The highest BCUT2D eigenvalue weighted by molar-refractivity contribution is 5.96. The van der Waals surface area contributed by atoms with Gasteiger partial charge in [0.1, 0.15) is 6.10 Å². The molecule has 2 amide bonds. The lowest BCUT2D eigenvalue weighted by Crippen LogP contribution is -2.75. The minimum Gasteiger partial charge on any atom is -0.504 e. The molecule has 0 unspecified atom stereocenters. The largest absolute Gasteiger partial charge is 0.504 e. The first-order valence-corrected chi connectivity index (χ1v) is 14.1. The summed E-state index contributed by atoms with van der Waals surface area (Å²) in [6, 6.07) is 3.67. The highest BCUT2D eigenvalue weighted by Crippen LogP contribution is 2.65. The molecule has 1 aromatic rings. The Hall–Kier alpha value is -2.58. The van der Waals surface area contributed by atoms with Gasteiger partial charge in [-0.1, -0.05) is 12.1 Å². The van der Waals surface area contributed by atoms with Gasteiger partial charge in [-0.2, -0.15) is 0 Å². The highest BCUT2D eigenvalue weighted by Gasteiger charge is 2.72. The van der Waals surface area contributed by atoms with E-state index < -0.39 is 17.1 Å². The van der Waals surface area contributed by atoms with Gasteiger partial charge in [-0.25, -0.2) is 0 Å². The zero-order valence-electron chi connectivity index (χ0n) is 21.2. The molecule has 8 nitrogen and oxygen atoms in total. The van der Waals surface area contributed by atoms with Crippen LogP contribution in [0.15, 0.2) is 23.8 Å². The third-order valence-corrected chi connectivity index (χ3v) is 11.1. The fraction of sp³-hybridized carbons (Fsp3) is 0.655. The van der Waals surface area contributed by atoms with Gasteiger partial charge in [0.25, 0.3) is 5.91 Å². The van der Waals surface area contributed by atoms with Gasteiger partial charge >= 0.3 is 0 Å². The summed E-state index contributed by atoms with van der Waals surface area (Å²) in [5.41, 5.74) is 0.555. The molecule has 3 aliphatic carbocycles. The number of phenolic OH excluding ortho intramolecular Hbond substituents is 1. The van der Waals surface area contributed by atoms with Crippen molar-refractivity contribution in [2.24, 2.45) is 11.3 Å². The molecule has 0 radical (unpaired) electrons.